The first kappa shape index (κ1) is 15.5. The third-order valence-corrected chi connectivity index (χ3v) is 3.72. The summed E-state index contributed by atoms with van der Waals surface area (Å²) in [6.45, 7) is 5.97. The lowest BCUT2D eigenvalue weighted by molar-refractivity contribution is 0.0691. The Morgan fingerprint density at radius 2 is 1.89 bits per heavy atom. The van der Waals surface area contributed by atoms with Gasteiger partial charge in [0.2, 0.25) is 0 Å². The van der Waals surface area contributed by atoms with Crippen molar-refractivity contribution in [2.75, 3.05) is 0 Å². The summed E-state index contributed by atoms with van der Waals surface area (Å²) in [5.41, 5.74) is -0.268. The van der Waals surface area contributed by atoms with E-state index in [1.807, 2.05) is 6.92 Å². The average Bonchev–Trinajstić information content (AvgIpc) is 2.35. The number of phenolic OH excluding ortho intramolecular Hbond substituents is 1. The van der Waals surface area contributed by atoms with Crippen LogP contribution in [0.3, 0.4) is 0 Å². The van der Waals surface area contributed by atoms with E-state index in [1.54, 1.807) is 0 Å². The third kappa shape index (κ3) is 3.46. The van der Waals surface area contributed by atoms with E-state index in [0.29, 0.717) is 5.92 Å². The van der Waals surface area contributed by atoms with Crippen LogP contribution in [0.1, 0.15) is 61.9 Å². The fourth-order valence-electron chi connectivity index (χ4n) is 2.46. The molecule has 0 aromatic heterocycles. The normalized spacial score (nSPS) is 12.7. The van der Waals surface area contributed by atoms with E-state index in [4.69, 9.17) is 5.11 Å². The van der Waals surface area contributed by atoms with Crippen LogP contribution in [-0.2, 0) is 0 Å². The van der Waals surface area contributed by atoms with Gasteiger partial charge in [-0.1, -0.05) is 33.6 Å². The number of carboxylic acid groups (broad SMARTS) is 1. The van der Waals surface area contributed by atoms with Gasteiger partial charge >= 0.3 is 5.97 Å². The van der Waals surface area contributed by atoms with Crippen molar-refractivity contribution in [1.82, 2.24) is 0 Å². The van der Waals surface area contributed by atoms with E-state index in [1.165, 1.54) is 6.07 Å². The Balaban J connectivity index is 3.11. The van der Waals surface area contributed by atoms with E-state index in [2.05, 4.69) is 13.8 Å². The van der Waals surface area contributed by atoms with Crippen molar-refractivity contribution < 1.29 is 19.4 Å². The fraction of sp³-hybridized carbons (Fsp3) is 0.533. The van der Waals surface area contributed by atoms with E-state index in [0.717, 1.165) is 25.3 Å². The largest absolute Gasteiger partial charge is 0.508 e. The van der Waals surface area contributed by atoms with Crippen molar-refractivity contribution >= 4 is 5.97 Å². The summed E-state index contributed by atoms with van der Waals surface area (Å²) in [4.78, 5) is 10.9. The molecule has 0 spiro atoms. The number of aromatic carboxylic acids is 1. The van der Waals surface area contributed by atoms with Crippen LogP contribution in [0.25, 0.3) is 0 Å². The minimum Gasteiger partial charge on any atom is -0.508 e. The minimum atomic E-state index is -1.31. The van der Waals surface area contributed by atoms with Gasteiger partial charge in [0.1, 0.15) is 11.6 Å². The van der Waals surface area contributed by atoms with Crippen molar-refractivity contribution in [3.8, 4) is 5.75 Å². The van der Waals surface area contributed by atoms with E-state index >= 15 is 0 Å². The zero-order chi connectivity index (χ0) is 14.6. The zero-order valence-corrected chi connectivity index (χ0v) is 11.6. The maximum absolute atomic E-state index is 14.2. The first-order valence-electron chi connectivity index (χ1n) is 6.66. The smallest absolute Gasteiger partial charge is 0.338 e. The molecule has 4 heteroatoms. The molecule has 106 valence electrons. The summed E-state index contributed by atoms with van der Waals surface area (Å²) in [5.74, 6) is -2.05. The Labute approximate surface area is 113 Å². The SMILES string of the molecule is CCC(CC)C[C@@H](C)c1c(O)ccc(C(=O)O)c1F. The van der Waals surface area contributed by atoms with Gasteiger partial charge < -0.3 is 10.2 Å². The monoisotopic (exact) mass is 268 g/mol. The predicted octanol–water partition coefficient (Wildman–Crippen LogP) is 4.16. The molecule has 0 saturated carbocycles. The van der Waals surface area contributed by atoms with Gasteiger partial charge in [0, 0.05) is 5.56 Å². The number of benzene rings is 1. The summed E-state index contributed by atoms with van der Waals surface area (Å²) in [5, 5.41) is 18.7. The van der Waals surface area contributed by atoms with Crippen LogP contribution in [0.5, 0.6) is 5.75 Å². The van der Waals surface area contributed by atoms with Gasteiger partial charge in [-0.3, -0.25) is 0 Å². The number of phenols is 1. The average molecular weight is 268 g/mol. The van der Waals surface area contributed by atoms with E-state index in [-0.39, 0.29) is 22.8 Å². The van der Waals surface area contributed by atoms with Crippen LogP contribution >= 0.6 is 0 Å². The van der Waals surface area contributed by atoms with Crippen molar-refractivity contribution in [3.05, 3.63) is 29.1 Å². The van der Waals surface area contributed by atoms with Crippen LogP contribution in [0.15, 0.2) is 12.1 Å². The number of rotatable bonds is 6. The maximum atomic E-state index is 14.2. The highest BCUT2D eigenvalue weighted by atomic mass is 19.1. The van der Waals surface area contributed by atoms with Crippen molar-refractivity contribution in [2.24, 2.45) is 5.92 Å². The van der Waals surface area contributed by atoms with Gasteiger partial charge in [0.15, 0.2) is 0 Å². The molecule has 1 atom stereocenters. The van der Waals surface area contributed by atoms with Gasteiger partial charge in [0.05, 0.1) is 5.56 Å². The molecular weight excluding hydrogens is 247 g/mol. The highest BCUT2D eigenvalue weighted by Gasteiger charge is 2.23. The molecule has 2 N–H and O–H groups in total. The lowest BCUT2D eigenvalue weighted by Gasteiger charge is -2.20. The van der Waals surface area contributed by atoms with Crippen LogP contribution in [0.2, 0.25) is 0 Å². The quantitative estimate of drug-likeness (QED) is 0.814. The molecule has 0 radical (unpaired) electrons. The maximum Gasteiger partial charge on any atom is 0.338 e. The number of halogens is 1. The summed E-state index contributed by atoms with van der Waals surface area (Å²) in [6.07, 6.45) is 2.71. The molecule has 0 saturated heterocycles. The highest BCUT2D eigenvalue weighted by molar-refractivity contribution is 5.88. The van der Waals surface area contributed by atoms with E-state index < -0.39 is 11.8 Å². The molecule has 0 bridgehead atoms. The molecule has 1 aromatic rings. The first-order chi connectivity index (χ1) is 8.92. The molecule has 0 fully saturated rings. The molecule has 1 rings (SSSR count). The lowest BCUT2D eigenvalue weighted by Crippen LogP contribution is -2.09. The molecule has 0 unspecified atom stereocenters. The van der Waals surface area contributed by atoms with Gasteiger partial charge in [-0.2, -0.15) is 0 Å². The van der Waals surface area contributed by atoms with Gasteiger partial charge in [0.25, 0.3) is 0 Å². The van der Waals surface area contributed by atoms with Crippen LogP contribution in [-0.4, -0.2) is 16.2 Å². The van der Waals surface area contributed by atoms with Gasteiger partial charge in [-0.05, 0) is 30.4 Å². The number of aromatic hydroxyl groups is 1. The number of carbonyl (C=O) groups is 1. The molecular formula is C15H21FO3. The summed E-state index contributed by atoms with van der Waals surface area (Å²) in [6, 6.07) is 2.35. The number of hydrogen-bond donors (Lipinski definition) is 2. The topological polar surface area (TPSA) is 57.5 Å². The lowest BCUT2D eigenvalue weighted by atomic mass is 9.86. The number of hydrogen-bond acceptors (Lipinski definition) is 2. The second-order valence-electron chi connectivity index (χ2n) is 4.98. The van der Waals surface area contributed by atoms with Crippen molar-refractivity contribution in [3.63, 3.8) is 0 Å². The Morgan fingerprint density at radius 3 is 2.37 bits per heavy atom. The second kappa shape index (κ2) is 6.55. The standard InChI is InChI=1S/C15H21FO3/c1-4-10(5-2)8-9(3)13-12(17)7-6-11(14(13)16)15(18)19/h6-7,9-10,17H,4-5,8H2,1-3H3,(H,18,19)/t9-/m1/s1. The second-order valence-corrected chi connectivity index (χ2v) is 4.98. The molecule has 0 heterocycles. The molecule has 1 aromatic carbocycles. The highest BCUT2D eigenvalue weighted by Crippen LogP contribution is 2.35. The molecule has 0 aliphatic carbocycles. The van der Waals surface area contributed by atoms with Crippen molar-refractivity contribution in [1.29, 1.82) is 0 Å². The summed E-state index contributed by atoms with van der Waals surface area (Å²) in [7, 11) is 0. The van der Waals surface area contributed by atoms with Gasteiger partial charge in [-0.25, -0.2) is 9.18 Å². The third-order valence-electron chi connectivity index (χ3n) is 3.72. The summed E-state index contributed by atoms with van der Waals surface area (Å²) < 4.78 is 14.2. The molecule has 3 nitrogen and oxygen atoms in total. The first-order valence-corrected chi connectivity index (χ1v) is 6.66. The minimum absolute atomic E-state index is 0.117. The van der Waals surface area contributed by atoms with Gasteiger partial charge in [-0.15, -0.1) is 0 Å². The predicted molar refractivity (Wildman–Crippen MR) is 72.1 cm³/mol. The molecule has 0 amide bonds. The number of carboxylic acids is 1. The molecule has 19 heavy (non-hydrogen) atoms. The van der Waals surface area contributed by atoms with Crippen molar-refractivity contribution in [2.45, 2.75) is 46.0 Å². The van der Waals surface area contributed by atoms with E-state index in [9.17, 15) is 14.3 Å². The Kier molecular flexibility index (Phi) is 5.33. The molecule has 0 aliphatic rings. The Morgan fingerprint density at radius 1 is 1.32 bits per heavy atom. The fourth-order valence-corrected chi connectivity index (χ4v) is 2.46. The molecule has 0 aliphatic heterocycles. The Bertz CT molecular complexity index is 453. The van der Waals surface area contributed by atoms with Crippen LogP contribution in [0.4, 0.5) is 4.39 Å². The summed E-state index contributed by atoms with van der Waals surface area (Å²) >= 11 is 0. The Hall–Kier alpha value is -1.58. The van der Waals surface area contributed by atoms with Crippen LogP contribution < -0.4 is 0 Å². The zero-order valence-electron chi connectivity index (χ0n) is 11.6. The van der Waals surface area contributed by atoms with Crippen LogP contribution in [0, 0.1) is 11.7 Å².